The van der Waals surface area contributed by atoms with Crippen LogP contribution in [0.4, 0.5) is 5.88 Å². The minimum Gasteiger partial charge on any atom is -0.438 e. The van der Waals surface area contributed by atoms with Crippen LogP contribution in [0.25, 0.3) is 33.4 Å². The fraction of sp³-hybridized carbons (Fsp3) is 0.100. The van der Waals surface area contributed by atoms with Gasteiger partial charge in [0, 0.05) is 27.2 Å². The van der Waals surface area contributed by atoms with Crippen LogP contribution < -0.4 is 5.32 Å². The summed E-state index contributed by atoms with van der Waals surface area (Å²) in [5, 5.41) is 14.3. The lowest BCUT2D eigenvalue weighted by Gasteiger charge is -2.12. The normalized spacial score (nSPS) is 12.3. The van der Waals surface area contributed by atoms with Crippen LogP contribution in [0, 0.1) is 11.3 Å². The summed E-state index contributed by atoms with van der Waals surface area (Å²) >= 11 is 6.29. The van der Waals surface area contributed by atoms with Gasteiger partial charge >= 0.3 is 0 Å². The number of amides is 1. The van der Waals surface area contributed by atoms with Crippen LogP contribution in [0.5, 0.6) is 0 Å². The second-order valence-corrected chi connectivity index (χ2v) is 9.17. The van der Waals surface area contributed by atoms with Gasteiger partial charge in [-0.2, -0.15) is 5.26 Å². The van der Waals surface area contributed by atoms with Crippen LogP contribution in [0.1, 0.15) is 33.6 Å². The number of nitrogens with one attached hydrogen (secondary N) is 1. The van der Waals surface area contributed by atoms with Gasteiger partial charge in [-0.1, -0.05) is 72.3 Å². The number of halogens is 1. The van der Waals surface area contributed by atoms with E-state index >= 15 is 0 Å². The molecule has 0 aliphatic heterocycles. The number of anilines is 1. The number of aromatic nitrogens is 1. The summed E-state index contributed by atoms with van der Waals surface area (Å²) in [6.07, 6.45) is 2.53. The number of carbonyl (C=O) groups excluding carboxylic acids is 1. The fourth-order valence-corrected chi connectivity index (χ4v) is 5.13. The van der Waals surface area contributed by atoms with E-state index in [1.54, 1.807) is 12.1 Å². The molecule has 1 amide bonds. The zero-order chi connectivity index (χ0) is 24.6. The maximum atomic E-state index is 13.8. The van der Waals surface area contributed by atoms with Crippen LogP contribution in [0.3, 0.4) is 0 Å². The molecule has 0 spiro atoms. The standard InChI is InChI=1S/C30H20ClN3O2/c31-20-14-15-25-22(16-20)27(21-12-7-13-24(21)33-25)29(35)34-30-23(17-32)26(18-8-3-1-4-9-18)28(36-30)19-10-5-2-6-11-19/h1-6,8-11,14-16H,7,12-13H2,(H,34,35). The number of aryl methyl sites for hydroxylation is 1. The molecule has 5 nitrogen and oxygen atoms in total. The van der Waals surface area contributed by atoms with Gasteiger partial charge in [-0.3, -0.25) is 15.1 Å². The number of carbonyl (C=O) groups is 1. The molecule has 6 heteroatoms. The molecule has 6 rings (SSSR count). The highest BCUT2D eigenvalue weighted by Gasteiger charge is 2.28. The van der Waals surface area contributed by atoms with E-state index < -0.39 is 0 Å². The molecule has 1 N–H and O–H groups in total. The third kappa shape index (κ3) is 3.73. The third-order valence-electron chi connectivity index (χ3n) is 6.55. The average molecular weight is 490 g/mol. The first kappa shape index (κ1) is 22.1. The molecule has 0 atom stereocenters. The Bertz CT molecular complexity index is 1670. The second kappa shape index (κ2) is 8.99. The van der Waals surface area contributed by atoms with Crippen LogP contribution in [0.2, 0.25) is 5.02 Å². The number of pyridine rings is 1. The molecule has 1 aliphatic carbocycles. The Morgan fingerprint density at radius 2 is 1.69 bits per heavy atom. The van der Waals surface area contributed by atoms with E-state index in [0.717, 1.165) is 47.2 Å². The average Bonchev–Trinajstić information content (AvgIpc) is 3.52. The van der Waals surface area contributed by atoms with E-state index in [1.807, 2.05) is 66.7 Å². The van der Waals surface area contributed by atoms with Crippen LogP contribution in [-0.4, -0.2) is 10.9 Å². The van der Waals surface area contributed by atoms with E-state index in [0.29, 0.717) is 27.3 Å². The van der Waals surface area contributed by atoms with E-state index in [2.05, 4.69) is 11.4 Å². The zero-order valence-corrected chi connectivity index (χ0v) is 20.0. The van der Waals surface area contributed by atoms with Gasteiger partial charge in [0.2, 0.25) is 5.88 Å². The molecule has 0 unspecified atom stereocenters. The van der Waals surface area contributed by atoms with Crippen LogP contribution >= 0.6 is 11.6 Å². The molecule has 36 heavy (non-hydrogen) atoms. The monoisotopic (exact) mass is 489 g/mol. The van der Waals surface area contributed by atoms with Crippen molar-refractivity contribution < 1.29 is 9.21 Å². The third-order valence-corrected chi connectivity index (χ3v) is 6.78. The topological polar surface area (TPSA) is 78.9 Å². The number of rotatable bonds is 4. The summed E-state index contributed by atoms with van der Waals surface area (Å²) < 4.78 is 6.23. The molecule has 0 fully saturated rings. The molecule has 5 aromatic rings. The predicted molar refractivity (Wildman–Crippen MR) is 141 cm³/mol. The molecule has 0 saturated heterocycles. The minimum atomic E-state index is -0.340. The molecule has 0 saturated carbocycles. The van der Waals surface area contributed by atoms with Gasteiger partial charge in [0.15, 0.2) is 0 Å². The molecule has 3 aromatic carbocycles. The van der Waals surface area contributed by atoms with Crippen molar-refractivity contribution in [3.05, 3.63) is 106 Å². The SMILES string of the molecule is N#Cc1c(NC(=O)c2c3c(nc4ccc(Cl)cc24)CCC3)oc(-c2ccccc2)c1-c1ccccc1. The van der Waals surface area contributed by atoms with Gasteiger partial charge in [-0.15, -0.1) is 0 Å². The highest BCUT2D eigenvalue weighted by atomic mass is 35.5. The number of nitriles is 1. The van der Waals surface area contributed by atoms with E-state index in [1.165, 1.54) is 0 Å². The van der Waals surface area contributed by atoms with Gasteiger partial charge < -0.3 is 4.42 Å². The summed E-state index contributed by atoms with van der Waals surface area (Å²) in [6, 6.07) is 26.8. The zero-order valence-electron chi connectivity index (χ0n) is 19.2. The number of hydrogen-bond acceptors (Lipinski definition) is 4. The molecule has 0 bridgehead atoms. The van der Waals surface area contributed by atoms with Crippen molar-refractivity contribution in [1.82, 2.24) is 4.98 Å². The molecule has 2 aromatic heterocycles. The Morgan fingerprint density at radius 3 is 2.42 bits per heavy atom. The maximum absolute atomic E-state index is 13.8. The lowest BCUT2D eigenvalue weighted by atomic mass is 9.98. The van der Waals surface area contributed by atoms with E-state index in [4.69, 9.17) is 21.0 Å². The quantitative estimate of drug-likeness (QED) is 0.284. The molecule has 0 radical (unpaired) electrons. The summed E-state index contributed by atoms with van der Waals surface area (Å²) in [5.41, 5.74) is 5.70. The molecule has 174 valence electrons. The van der Waals surface area contributed by atoms with Crippen molar-refractivity contribution >= 4 is 34.3 Å². The second-order valence-electron chi connectivity index (χ2n) is 8.74. The van der Waals surface area contributed by atoms with E-state index in [-0.39, 0.29) is 17.4 Å². The molecular formula is C30H20ClN3O2. The highest BCUT2D eigenvalue weighted by molar-refractivity contribution is 6.31. The lowest BCUT2D eigenvalue weighted by Crippen LogP contribution is -2.16. The van der Waals surface area contributed by atoms with Crippen molar-refractivity contribution in [3.8, 4) is 28.5 Å². The van der Waals surface area contributed by atoms with Crippen molar-refractivity contribution in [1.29, 1.82) is 5.26 Å². The van der Waals surface area contributed by atoms with Gasteiger partial charge in [-0.25, -0.2) is 0 Å². The number of benzene rings is 3. The summed E-state index contributed by atoms with van der Waals surface area (Å²) in [7, 11) is 0. The van der Waals surface area contributed by atoms with Gasteiger partial charge in [0.1, 0.15) is 17.4 Å². The number of furan rings is 1. The fourth-order valence-electron chi connectivity index (χ4n) is 4.96. The summed E-state index contributed by atoms with van der Waals surface area (Å²) in [5.74, 6) is 0.313. The minimum absolute atomic E-state index is 0.124. The van der Waals surface area contributed by atoms with Crippen molar-refractivity contribution in [2.75, 3.05) is 5.32 Å². The lowest BCUT2D eigenvalue weighted by molar-refractivity contribution is 0.102. The Kier molecular flexibility index (Phi) is 5.52. The first-order chi connectivity index (χ1) is 17.6. The molecule has 1 aliphatic rings. The molecule has 2 heterocycles. The van der Waals surface area contributed by atoms with E-state index in [9.17, 15) is 10.1 Å². The predicted octanol–water partition coefficient (Wildman–Crippen LogP) is 7.43. The van der Waals surface area contributed by atoms with Gasteiger partial charge in [-0.05, 0) is 48.6 Å². The highest BCUT2D eigenvalue weighted by Crippen LogP contribution is 2.42. The Balaban J connectivity index is 1.52. The van der Waals surface area contributed by atoms with Crippen LogP contribution in [-0.2, 0) is 12.8 Å². The smallest absolute Gasteiger partial charge is 0.259 e. The van der Waals surface area contributed by atoms with Gasteiger partial charge in [0.25, 0.3) is 5.91 Å². The first-order valence-corrected chi connectivity index (χ1v) is 12.1. The first-order valence-electron chi connectivity index (χ1n) is 11.7. The Labute approximate surface area is 213 Å². The maximum Gasteiger partial charge on any atom is 0.259 e. The molecular weight excluding hydrogens is 470 g/mol. The summed E-state index contributed by atoms with van der Waals surface area (Å²) in [6.45, 7) is 0. The van der Waals surface area contributed by atoms with Gasteiger partial charge in [0.05, 0.1) is 11.1 Å². The van der Waals surface area contributed by atoms with Crippen LogP contribution in [0.15, 0.2) is 83.3 Å². The Hall–Kier alpha value is -4.40. The Morgan fingerprint density at radius 1 is 0.972 bits per heavy atom. The number of nitrogens with zero attached hydrogens (tertiary/aromatic N) is 2. The summed E-state index contributed by atoms with van der Waals surface area (Å²) in [4.78, 5) is 18.6. The van der Waals surface area contributed by atoms with Crippen molar-refractivity contribution in [2.45, 2.75) is 19.3 Å². The van der Waals surface area contributed by atoms with Crippen molar-refractivity contribution in [2.24, 2.45) is 0 Å². The number of hydrogen-bond donors (Lipinski definition) is 1. The van der Waals surface area contributed by atoms with Crippen molar-refractivity contribution in [3.63, 3.8) is 0 Å². The number of fused-ring (bicyclic) bond motifs is 2. The largest absolute Gasteiger partial charge is 0.438 e.